The van der Waals surface area contributed by atoms with E-state index in [0.29, 0.717) is 22.2 Å². The van der Waals surface area contributed by atoms with Gasteiger partial charge in [-0.1, -0.05) is 11.3 Å². The molecule has 0 spiro atoms. The van der Waals surface area contributed by atoms with Gasteiger partial charge in [0.25, 0.3) is 0 Å². The first-order chi connectivity index (χ1) is 10.2. The maximum Gasteiger partial charge on any atom is 0.182 e. The summed E-state index contributed by atoms with van der Waals surface area (Å²) in [5.74, 6) is 1.96. The average Bonchev–Trinajstić information content (AvgIpc) is 2.91. The van der Waals surface area contributed by atoms with E-state index in [-0.39, 0.29) is 0 Å². The molecule has 0 unspecified atom stereocenters. The Morgan fingerprint density at radius 3 is 2.43 bits per heavy atom. The molecule has 0 aliphatic rings. The molecule has 6 heteroatoms. The second-order valence-electron chi connectivity index (χ2n) is 4.29. The monoisotopic (exact) mass is 302 g/mol. The van der Waals surface area contributed by atoms with E-state index in [1.807, 2.05) is 30.3 Å². The minimum absolute atomic E-state index is 0.633. The van der Waals surface area contributed by atoms with E-state index in [9.17, 15) is 0 Å². The van der Waals surface area contributed by atoms with Crippen LogP contribution in [0.1, 0.15) is 0 Å². The van der Waals surface area contributed by atoms with Gasteiger partial charge in [-0.15, -0.1) is 0 Å². The third-order valence-electron chi connectivity index (χ3n) is 3.02. The fraction of sp³-hybridized carbons (Fsp3) is 0.133. The van der Waals surface area contributed by atoms with Crippen molar-refractivity contribution in [2.24, 2.45) is 0 Å². The van der Waals surface area contributed by atoms with Crippen molar-refractivity contribution in [2.75, 3.05) is 20.0 Å². The summed E-state index contributed by atoms with van der Waals surface area (Å²) in [6, 6.07) is 9.14. The molecule has 5 nitrogen and oxygen atoms in total. The van der Waals surface area contributed by atoms with Crippen molar-refractivity contribution in [3.8, 4) is 22.3 Å². The molecule has 2 aromatic heterocycles. The Morgan fingerprint density at radius 2 is 1.76 bits per heavy atom. The Bertz CT molecular complexity index is 786. The number of hydrogen-bond acceptors (Lipinski definition) is 6. The van der Waals surface area contributed by atoms with Crippen LogP contribution in [0.3, 0.4) is 0 Å². The van der Waals surface area contributed by atoms with Crippen LogP contribution in [-0.2, 0) is 0 Å². The summed E-state index contributed by atoms with van der Waals surface area (Å²) in [5.41, 5.74) is 6.49. The number of rotatable bonds is 4. The maximum atomic E-state index is 5.89. The van der Waals surface area contributed by atoms with Crippen molar-refractivity contribution in [1.29, 1.82) is 0 Å². The lowest BCUT2D eigenvalue weighted by atomic mass is 10.2. The molecule has 108 valence electrons. The van der Waals surface area contributed by atoms with Crippen molar-refractivity contribution < 1.29 is 14.2 Å². The Hall–Kier alpha value is -2.47. The molecular formula is C15H14N2O3S. The summed E-state index contributed by atoms with van der Waals surface area (Å²) in [6.45, 7) is 0. The molecular weight excluding hydrogens is 288 g/mol. The van der Waals surface area contributed by atoms with E-state index in [0.717, 1.165) is 16.0 Å². The lowest BCUT2D eigenvalue weighted by Crippen LogP contribution is -1.92. The van der Waals surface area contributed by atoms with Gasteiger partial charge in [-0.2, -0.15) is 0 Å². The number of hydrogen-bond donors (Lipinski definition) is 1. The second-order valence-corrected chi connectivity index (χ2v) is 5.37. The van der Waals surface area contributed by atoms with E-state index < -0.39 is 0 Å². The van der Waals surface area contributed by atoms with E-state index in [2.05, 4.69) is 4.98 Å². The maximum absolute atomic E-state index is 5.89. The van der Waals surface area contributed by atoms with Crippen LogP contribution in [0.4, 0.5) is 5.00 Å². The number of nitrogen functional groups attached to an aromatic ring is 1. The standard InChI is InChI=1S/C15H14N2O3S/c1-18-12-7-9-10(8-13(12)19-2)17-6-5-11(9)20-15-4-3-14(16)21-15/h3-8H,16H2,1-2H3. The second kappa shape index (κ2) is 5.49. The van der Waals surface area contributed by atoms with Crippen molar-refractivity contribution in [2.45, 2.75) is 0 Å². The number of fused-ring (bicyclic) bond motifs is 1. The SMILES string of the molecule is COc1cc2nccc(Oc3ccc(N)s3)c2cc1OC. The molecule has 0 atom stereocenters. The summed E-state index contributed by atoms with van der Waals surface area (Å²) in [5, 5.41) is 2.29. The fourth-order valence-electron chi connectivity index (χ4n) is 2.03. The molecule has 0 fully saturated rings. The molecule has 0 saturated heterocycles. The van der Waals surface area contributed by atoms with Crippen LogP contribution in [0.2, 0.25) is 0 Å². The quantitative estimate of drug-likeness (QED) is 0.796. The number of methoxy groups -OCH3 is 2. The number of thiophene rings is 1. The molecule has 1 aromatic carbocycles. The van der Waals surface area contributed by atoms with Gasteiger partial charge < -0.3 is 19.9 Å². The number of benzene rings is 1. The molecule has 21 heavy (non-hydrogen) atoms. The lowest BCUT2D eigenvalue weighted by Gasteiger charge is -2.11. The van der Waals surface area contributed by atoms with Crippen LogP contribution in [0.5, 0.6) is 22.3 Å². The minimum Gasteiger partial charge on any atom is -0.493 e. The number of nitrogens with two attached hydrogens (primary N) is 1. The van der Waals surface area contributed by atoms with Crippen LogP contribution in [0.15, 0.2) is 36.5 Å². The number of nitrogens with zero attached hydrogens (tertiary/aromatic N) is 1. The number of pyridine rings is 1. The molecule has 3 rings (SSSR count). The third kappa shape index (κ3) is 2.57. The largest absolute Gasteiger partial charge is 0.493 e. The van der Waals surface area contributed by atoms with Gasteiger partial charge in [0, 0.05) is 17.6 Å². The van der Waals surface area contributed by atoms with Crippen LogP contribution in [-0.4, -0.2) is 19.2 Å². The minimum atomic E-state index is 0.633. The van der Waals surface area contributed by atoms with Gasteiger partial charge in [-0.25, -0.2) is 0 Å². The first-order valence-electron chi connectivity index (χ1n) is 6.25. The van der Waals surface area contributed by atoms with E-state index >= 15 is 0 Å². The summed E-state index contributed by atoms with van der Waals surface area (Å²) >= 11 is 1.39. The summed E-state index contributed by atoms with van der Waals surface area (Å²) < 4.78 is 16.5. The Balaban J connectivity index is 2.10. The molecule has 0 radical (unpaired) electrons. The summed E-state index contributed by atoms with van der Waals surface area (Å²) in [6.07, 6.45) is 1.69. The Morgan fingerprint density at radius 1 is 1.00 bits per heavy atom. The third-order valence-corrected chi connectivity index (χ3v) is 3.81. The Kier molecular flexibility index (Phi) is 3.53. The predicted octanol–water partition coefficient (Wildman–Crippen LogP) is 3.69. The van der Waals surface area contributed by atoms with Crippen molar-refractivity contribution in [3.05, 3.63) is 36.5 Å². The normalized spacial score (nSPS) is 10.6. The van der Waals surface area contributed by atoms with Crippen LogP contribution >= 0.6 is 11.3 Å². The topological polar surface area (TPSA) is 66.6 Å². The van der Waals surface area contributed by atoms with Gasteiger partial charge in [0.15, 0.2) is 16.6 Å². The number of anilines is 1. The van der Waals surface area contributed by atoms with Gasteiger partial charge in [0.2, 0.25) is 0 Å². The molecule has 0 aliphatic heterocycles. The summed E-state index contributed by atoms with van der Waals surface area (Å²) in [7, 11) is 3.19. The average molecular weight is 302 g/mol. The molecule has 0 bridgehead atoms. The highest BCUT2D eigenvalue weighted by atomic mass is 32.1. The van der Waals surface area contributed by atoms with Gasteiger partial charge in [-0.3, -0.25) is 4.98 Å². The van der Waals surface area contributed by atoms with E-state index in [4.69, 9.17) is 19.9 Å². The number of ether oxygens (including phenoxy) is 3. The van der Waals surface area contributed by atoms with Crippen LogP contribution in [0.25, 0.3) is 10.9 Å². The first-order valence-corrected chi connectivity index (χ1v) is 7.07. The van der Waals surface area contributed by atoms with Gasteiger partial charge in [0.1, 0.15) is 5.75 Å². The molecule has 2 N–H and O–H groups in total. The van der Waals surface area contributed by atoms with E-state index in [1.165, 1.54) is 11.3 Å². The van der Waals surface area contributed by atoms with Crippen LogP contribution in [0, 0.1) is 0 Å². The predicted molar refractivity (Wildman–Crippen MR) is 83.7 cm³/mol. The highest BCUT2D eigenvalue weighted by Crippen LogP contribution is 2.38. The molecule has 3 aromatic rings. The summed E-state index contributed by atoms with van der Waals surface area (Å²) in [4.78, 5) is 4.34. The molecule has 0 saturated carbocycles. The molecule has 0 amide bonds. The molecule has 2 heterocycles. The Labute approximate surface area is 125 Å². The van der Waals surface area contributed by atoms with Crippen molar-refractivity contribution in [3.63, 3.8) is 0 Å². The fourth-order valence-corrected chi connectivity index (χ4v) is 2.67. The number of aromatic nitrogens is 1. The highest BCUT2D eigenvalue weighted by Gasteiger charge is 2.11. The first kappa shape index (κ1) is 13.5. The zero-order valence-corrected chi connectivity index (χ0v) is 12.4. The van der Waals surface area contributed by atoms with Gasteiger partial charge in [0.05, 0.1) is 24.7 Å². The van der Waals surface area contributed by atoms with Crippen molar-refractivity contribution >= 4 is 27.2 Å². The van der Waals surface area contributed by atoms with Gasteiger partial charge >= 0.3 is 0 Å². The van der Waals surface area contributed by atoms with Gasteiger partial charge in [-0.05, 0) is 24.3 Å². The zero-order chi connectivity index (χ0) is 14.8. The smallest absolute Gasteiger partial charge is 0.182 e. The zero-order valence-electron chi connectivity index (χ0n) is 11.6. The lowest BCUT2D eigenvalue weighted by molar-refractivity contribution is 0.355. The van der Waals surface area contributed by atoms with Crippen molar-refractivity contribution in [1.82, 2.24) is 4.98 Å². The van der Waals surface area contributed by atoms with Crippen LogP contribution < -0.4 is 19.9 Å². The molecule has 0 aliphatic carbocycles. The van der Waals surface area contributed by atoms with E-state index in [1.54, 1.807) is 20.4 Å². The highest BCUT2D eigenvalue weighted by molar-refractivity contribution is 7.17.